The van der Waals surface area contributed by atoms with Gasteiger partial charge in [-0.05, 0) is 20.3 Å². The fraction of sp³-hybridized carbons (Fsp3) is 0.500. The van der Waals surface area contributed by atoms with Crippen molar-refractivity contribution in [2.45, 2.75) is 39.5 Å². The van der Waals surface area contributed by atoms with Crippen molar-refractivity contribution < 1.29 is 0 Å². The van der Waals surface area contributed by atoms with Gasteiger partial charge in [-0.3, -0.25) is 0 Å². The summed E-state index contributed by atoms with van der Waals surface area (Å²) < 4.78 is 0. The minimum absolute atomic E-state index is 0.885. The zero-order chi connectivity index (χ0) is 9.07. The Balaban J connectivity index is 3.25. The Morgan fingerprint density at radius 3 is 2.50 bits per heavy atom. The molecule has 0 N–H and O–H groups in total. The molecule has 0 radical (unpaired) electrons. The summed E-state index contributed by atoms with van der Waals surface area (Å²) in [6, 6.07) is 0. The van der Waals surface area contributed by atoms with Crippen molar-refractivity contribution in [2.75, 3.05) is 0 Å². The predicted octanol–water partition coefficient (Wildman–Crippen LogP) is 3.15. The summed E-state index contributed by atoms with van der Waals surface area (Å²) >= 11 is 0. The Morgan fingerprint density at radius 1 is 1.08 bits per heavy atom. The molecule has 0 rings (SSSR count). The summed E-state index contributed by atoms with van der Waals surface area (Å²) in [6.45, 7) is 3.89. The lowest BCUT2D eigenvalue weighted by molar-refractivity contribution is 0.902. The number of hydrogen-bond donors (Lipinski definition) is 0. The van der Waals surface area contributed by atoms with Crippen LogP contribution >= 0.6 is 0 Å². The van der Waals surface area contributed by atoms with Crippen molar-refractivity contribution in [3.63, 3.8) is 0 Å². The van der Waals surface area contributed by atoms with Crippen molar-refractivity contribution in [2.24, 2.45) is 0 Å². The maximum absolute atomic E-state index is 3.11. The van der Waals surface area contributed by atoms with Gasteiger partial charge in [0.25, 0.3) is 0 Å². The molecule has 0 unspecified atom stereocenters. The molecular formula is C12H16. The Hall–Kier alpha value is -1.14. The van der Waals surface area contributed by atoms with E-state index < -0.39 is 0 Å². The fourth-order valence-corrected chi connectivity index (χ4v) is 0.727. The van der Waals surface area contributed by atoms with E-state index in [1.807, 2.05) is 19.9 Å². The maximum Gasteiger partial charge on any atom is 0.0269 e. The van der Waals surface area contributed by atoms with Gasteiger partial charge in [0.05, 0.1) is 0 Å². The van der Waals surface area contributed by atoms with E-state index in [-0.39, 0.29) is 0 Å². The molecule has 0 aromatic rings. The monoisotopic (exact) mass is 160 g/mol. The molecule has 0 fully saturated rings. The lowest BCUT2D eigenvalue weighted by Crippen LogP contribution is -1.69. The smallest absolute Gasteiger partial charge is 0.0269 e. The van der Waals surface area contributed by atoms with Crippen LogP contribution in [0.5, 0.6) is 0 Å². The highest BCUT2D eigenvalue weighted by Gasteiger charge is 1.77. The number of hydrogen-bond acceptors (Lipinski definition) is 0. The second-order valence-corrected chi connectivity index (χ2v) is 2.41. The zero-order valence-corrected chi connectivity index (χ0v) is 7.98. The third-order valence-electron chi connectivity index (χ3n) is 1.36. The molecule has 0 saturated carbocycles. The molecule has 0 heterocycles. The van der Waals surface area contributed by atoms with E-state index in [2.05, 4.69) is 29.8 Å². The molecular weight excluding hydrogens is 144 g/mol. The van der Waals surface area contributed by atoms with Crippen molar-refractivity contribution in [3.05, 3.63) is 12.2 Å². The third kappa shape index (κ3) is 8.86. The van der Waals surface area contributed by atoms with Crippen LogP contribution in [0.3, 0.4) is 0 Å². The Kier molecular flexibility index (Phi) is 8.92. The summed E-state index contributed by atoms with van der Waals surface area (Å²) in [5.41, 5.74) is 0. The second-order valence-electron chi connectivity index (χ2n) is 2.41. The fourth-order valence-electron chi connectivity index (χ4n) is 0.727. The molecule has 0 aromatic heterocycles. The van der Waals surface area contributed by atoms with Gasteiger partial charge in [-0.25, -0.2) is 0 Å². The van der Waals surface area contributed by atoms with Crippen molar-refractivity contribution in [1.29, 1.82) is 0 Å². The first-order valence-corrected chi connectivity index (χ1v) is 4.38. The molecule has 0 spiro atoms. The highest BCUT2D eigenvalue weighted by molar-refractivity contribution is 5.04. The minimum Gasteiger partial charge on any atom is -0.107 e. The number of allylic oxidation sites excluding steroid dienone is 2. The highest BCUT2D eigenvalue weighted by atomic mass is 13.8. The topological polar surface area (TPSA) is 0 Å². The number of rotatable bonds is 3. The van der Waals surface area contributed by atoms with Crippen LogP contribution in [0.2, 0.25) is 0 Å². The first-order valence-electron chi connectivity index (χ1n) is 4.38. The zero-order valence-electron chi connectivity index (χ0n) is 7.98. The molecule has 12 heavy (non-hydrogen) atoms. The molecule has 0 atom stereocenters. The van der Waals surface area contributed by atoms with E-state index in [0.29, 0.717) is 0 Å². The lowest BCUT2D eigenvalue weighted by atomic mass is 10.2. The average Bonchev–Trinajstić information content (AvgIpc) is 2.10. The van der Waals surface area contributed by atoms with Crippen molar-refractivity contribution in [1.82, 2.24) is 0 Å². The van der Waals surface area contributed by atoms with E-state index in [4.69, 9.17) is 0 Å². The van der Waals surface area contributed by atoms with E-state index in [0.717, 1.165) is 25.7 Å². The van der Waals surface area contributed by atoms with Crippen LogP contribution in [0, 0.1) is 23.7 Å². The van der Waals surface area contributed by atoms with Crippen LogP contribution in [0.25, 0.3) is 0 Å². The number of unbranched alkanes of at least 4 members (excludes halogenated alkanes) is 2. The molecule has 64 valence electrons. The Labute approximate surface area is 76.1 Å². The first kappa shape index (κ1) is 10.9. The van der Waals surface area contributed by atoms with Crippen LogP contribution in [-0.2, 0) is 0 Å². The van der Waals surface area contributed by atoms with Gasteiger partial charge in [-0.15, -0.1) is 17.8 Å². The molecule has 0 heteroatoms. The highest BCUT2D eigenvalue weighted by Crippen LogP contribution is 1.91. The van der Waals surface area contributed by atoms with E-state index >= 15 is 0 Å². The summed E-state index contributed by atoms with van der Waals surface area (Å²) in [5, 5.41) is 0. The summed E-state index contributed by atoms with van der Waals surface area (Å²) in [4.78, 5) is 0. The molecule has 0 aliphatic carbocycles. The van der Waals surface area contributed by atoms with E-state index in [9.17, 15) is 0 Å². The quantitative estimate of drug-likeness (QED) is 0.338. The van der Waals surface area contributed by atoms with Gasteiger partial charge in [0.2, 0.25) is 0 Å². The van der Waals surface area contributed by atoms with Crippen LogP contribution in [0.15, 0.2) is 12.2 Å². The Morgan fingerprint density at radius 2 is 1.83 bits per heavy atom. The standard InChI is InChI=1S/C12H16/c1-3-5-7-9-11-12-10-8-6-4-2/h3,5H,7-8,10,12H2,1-2H3. The van der Waals surface area contributed by atoms with Gasteiger partial charge in [-0.2, -0.15) is 0 Å². The SMILES string of the molecule is CC#CCCCC#CCC=CC. The van der Waals surface area contributed by atoms with Gasteiger partial charge in [-0.1, -0.05) is 18.1 Å². The van der Waals surface area contributed by atoms with Crippen LogP contribution in [-0.4, -0.2) is 0 Å². The van der Waals surface area contributed by atoms with E-state index in [1.165, 1.54) is 0 Å². The van der Waals surface area contributed by atoms with Crippen LogP contribution < -0.4 is 0 Å². The van der Waals surface area contributed by atoms with Crippen LogP contribution in [0.4, 0.5) is 0 Å². The summed E-state index contributed by atoms with van der Waals surface area (Å²) in [6.07, 6.45) is 8.04. The molecule has 0 nitrogen and oxygen atoms in total. The largest absolute Gasteiger partial charge is 0.107 e. The first-order chi connectivity index (χ1) is 5.91. The lowest BCUT2D eigenvalue weighted by Gasteiger charge is -1.83. The maximum atomic E-state index is 3.11. The molecule has 0 saturated heterocycles. The normalized spacial score (nSPS) is 8.50. The molecule has 0 aromatic carbocycles. The predicted molar refractivity (Wildman–Crippen MR) is 54.5 cm³/mol. The Bertz CT molecular complexity index is 224. The van der Waals surface area contributed by atoms with Crippen LogP contribution in [0.1, 0.15) is 39.5 Å². The molecule has 0 bridgehead atoms. The van der Waals surface area contributed by atoms with Gasteiger partial charge < -0.3 is 0 Å². The average molecular weight is 160 g/mol. The summed E-state index contributed by atoms with van der Waals surface area (Å²) in [7, 11) is 0. The molecule has 0 amide bonds. The van der Waals surface area contributed by atoms with Gasteiger partial charge in [0.15, 0.2) is 0 Å². The minimum atomic E-state index is 0.885. The molecule has 0 aliphatic heterocycles. The van der Waals surface area contributed by atoms with Crippen molar-refractivity contribution in [3.8, 4) is 23.7 Å². The van der Waals surface area contributed by atoms with Crippen molar-refractivity contribution >= 4 is 0 Å². The second kappa shape index (κ2) is 9.86. The third-order valence-corrected chi connectivity index (χ3v) is 1.36. The summed E-state index contributed by atoms with van der Waals surface area (Å²) in [5.74, 6) is 12.1. The van der Waals surface area contributed by atoms with E-state index in [1.54, 1.807) is 0 Å². The van der Waals surface area contributed by atoms with Gasteiger partial charge >= 0.3 is 0 Å². The van der Waals surface area contributed by atoms with Gasteiger partial charge in [0.1, 0.15) is 0 Å². The molecule has 0 aliphatic rings. The van der Waals surface area contributed by atoms with Gasteiger partial charge in [0, 0.05) is 19.3 Å².